The summed E-state index contributed by atoms with van der Waals surface area (Å²) in [5.74, 6) is 5.58. The quantitative estimate of drug-likeness (QED) is 0.325. The number of alkyl halides is 3. The van der Waals surface area contributed by atoms with E-state index in [4.69, 9.17) is 0 Å². The third kappa shape index (κ3) is 7.06. The van der Waals surface area contributed by atoms with Gasteiger partial charge in [-0.05, 0) is 66.9 Å². The Bertz CT molecular complexity index is 1600. The summed E-state index contributed by atoms with van der Waals surface area (Å²) in [6.07, 6.45) is -1.28. The van der Waals surface area contributed by atoms with Gasteiger partial charge in [-0.3, -0.25) is 9.69 Å². The smallest absolute Gasteiger partial charge is 0.322 e. The van der Waals surface area contributed by atoms with Gasteiger partial charge in [0.15, 0.2) is 5.65 Å². The van der Waals surface area contributed by atoms with Crippen LogP contribution in [0.3, 0.4) is 0 Å². The lowest BCUT2D eigenvalue weighted by Crippen LogP contribution is -2.45. The maximum atomic E-state index is 14.0. The second kappa shape index (κ2) is 12.7. The first kappa shape index (κ1) is 30.1. The predicted octanol–water partition coefficient (Wildman–Crippen LogP) is 5.27. The highest BCUT2D eigenvalue weighted by molar-refractivity contribution is 6.04. The van der Waals surface area contributed by atoms with Gasteiger partial charge in [-0.2, -0.15) is 18.3 Å². The van der Waals surface area contributed by atoms with Crippen molar-refractivity contribution in [3.05, 3.63) is 94.4 Å². The number of imidazole rings is 1. The van der Waals surface area contributed by atoms with Gasteiger partial charge in [-0.25, -0.2) is 9.50 Å². The second-order valence-electron chi connectivity index (χ2n) is 9.75. The van der Waals surface area contributed by atoms with Crippen LogP contribution in [0.25, 0.3) is 5.65 Å². The highest BCUT2D eigenvalue weighted by Crippen LogP contribution is 2.34. The SMILES string of the molecule is CCN1CCN(Cc2ccc(NC(=O)c3ccc(C)c(C#Cc4cnc5cccnn45)c3)cc2C(F)(F)F)CC1.Cl. The van der Waals surface area contributed by atoms with Crippen molar-refractivity contribution in [1.82, 2.24) is 24.4 Å². The number of nitrogens with one attached hydrogen (secondary N) is 1. The lowest BCUT2D eigenvalue weighted by molar-refractivity contribution is -0.138. The van der Waals surface area contributed by atoms with Crippen molar-refractivity contribution in [2.24, 2.45) is 0 Å². The zero-order chi connectivity index (χ0) is 28.3. The molecule has 2 aromatic heterocycles. The summed E-state index contributed by atoms with van der Waals surface area (Å²) < 4.78 is 43.6. The topological polar surface area (TPSA) is 65.8 Å². The summed E-state index contributed by atoms with van der Waals surface area (Å²) >= 11 is 0. The molecule has 1 saturated heterocycles. The molecule has 0 radical (unpaired) electrons. The minimum Gasteiger partial charge on any atom is -0.322 e. The molecule has 1 amide bonds. The van der Waals surface area contributed by atoms with Gasteiger partial charge in [0, 0.05) is 55.7 Å². The fraction of sp³-hybridized carbons (Fsp3) is 0.300. The highest BCUT2D eigenvalue weighted by Gasteiger charge is 2.34. The van der Waals surface area contributed by atoms with Crippen LogP contribution in [0, 0.1) is 18.8 Å². The molecule has 1 aliphatic rings. The van der Waals surface area contributed by atoms with Crippen LogP contribution in [0.15, 0.2) is 60.9 Å². The Morgan fingerprint density at radius 1 is 1.02 bits per heavy atom. The van der Waals surface area contributed by atoms with Gasteiger partial charge >= 0.3 is 6.18 Å². The number of carbonyl (C=O) groups excluding carboxylic acids is 1. The molecule has 41 heavy (non-hydrogen) atoms. The largest absolute Gasteiger partial charge is 0.416 e. The maximum absolute atomic E-state index is 14.0. The molecule has 2 aromatic carbocycles. The van der Waals surface area contributed by atoms with Crippen LogP contribution in [0.2, 0.25) is 0 Å². The average molecular weight is 583 g/mol. The molecule has 0 unspecified atom stereocenters. The monoisotopic (exact) mass is 582 g/mol. The lowest BCUT2D eigenvalue weighted by Gasteiger charge is -2.34. The first-order valence-electron chi connectivity index (χ1n) is 13.1. The number of hydrogen-bond donors (Lipinski definition) is 1. The molecular weight excluding hydrogens is 553 g/mol. The van der Waals surface area contributed by atoms with Gasteiger partial charge in [0.25, 0.3) is 5.91 Å². The third-order valence-electron chi connectivity index (χ3n) is 7.08. The summed E-state index contributed by atoms with van der Waals surface area (Å²) in [5.41, 5.74) is 2.57. The van der Waals surface area contributed by atoms with Gasteiger partial charge < -0.3 is 10.2 Å². The normalized spacial score (nSPS) is 14.3. The van der Waals surface area contributed by atoms with E-state index in [1.807, 2.05) is 17.9 Å². The Kier molecular flexibility index (Phi) is 9.33. The lowest BCUT2D eigenvalue weighted by atomic mass is 10.0. The summed E-state index contributed by atoms with van der Waals surface area (Å²) in [6, 6.07) is 12.6. The van der Waals surface area contributed by atoms with Gasteiger partial charge in [0.1, 0.15) is 5.69 Å². The summed E-state index contributed by atoms with van der Waals surface area (Å²) in [7, 11) is 0. The number of hydrogen-bond acceptors (Lipinski definition) is 5. The van der Waals surface area contributed by atoms with Crippen molar-refractivity contribution in [2.45, 2.75) is 26.6 Å². The summed E-state index contributed by atoms with van der Waals surface area (Å²) in [4.78, 5) is 21.6. The van der Waals surface area contributed by atoms with Crippen LogP contribution in [0.5, 0.6) is 0 Å². The number of aromatic nitrogens is 3. The van der Waals surface area contributed by atoms with Crippen molar-refractivity contribution in [3.63, 3.8) is 0 Å². The molecular formula is C30H30ClF3N6O. The van der Waals surface area contributed by atoms with E-state index in [9.17, 15) is 18.0 Å². The number of aryl methyl sites for hydroxylation is 1. The van der Waals surface area contributed by atoms with Crippen molar-refractivity contribution >= 4 is 29.6 Å². The zero-order valence-corrected chi connectivity index (χ0v) is 23.5. The Balaban J connectivity index is 0.00000387. The minimum absolute atomic E-state index is 0. The number of anilines is 1. The molecule has 0 spiro atoms. The fourth-order valence-corrected chi connectivity index (χ4v) is 4.71. The van der Waals surface area contributed by atoms with Crippen LogP contribution < -0.4 is 5.32 Å². The number of fused-ring (bicyclic) bond motifs is 1. The number of halogens is 4. The number of piperazine rings is 1. The van der Waals surface area contributed by atoms with E-state index in [0.717, 1.165) is 44.4 Å². The first-order valence-corrected chi connectivity index (χ1v) is 13.1. The van der Waals surface area contributed by atoms with Gasteiger partial charge in [0.05, 0.1) is 11.8 Å². The molecule has 0 atom stereocenters. The number of nitrogens with zero attached hydrogens (tertiary/aromatic N) is 5. The molecule has 1 N–H and O–H groups in total. The van der Waals surface area contributed by atoms with Crippen molar-refractivity contribution < 1.29 is 18.0 Å². The van der Waals surface area contributed by atoms with E-state index in [1.54, 1.807) is 41.2 Å². The van der Waals surface area contributed by atoms with E-state index < -0.39 is 17.6 Å². The fourth-order valence-electron chi connectivity index (χ4n) is 4.71. The van der Waals surface area contributed by atoms with E-state index >= 15 is 0 Å². The van der Waals surface area contributed by atoms with Crippen molar-refractivity contribution in [2.75, 3.05) is 38.0 Å². The van der Waals surface area contributed by atoms with Gasteiger partial charge in [-0.1, -0.05) is 25.0 Å². The molecule has 7 nitrogen and oxygen atoms in total. The third-order valence-corrected chi connectivity index (χ3v) is 7.08. The first-order chi connectivity index (χ1) is 19.2. The van der Waals surface area contributed by atoms with Crippen molar-refractivity contribution in [3.8, 4) is 11.8 Å². The summed E-state index contributed by atoms with van der Waals surface area (Å²) in [5, 5.41) is 6.86. The number of amides is 1. The molecule has 0 aliphatic carbocycles. The molecule has 11 heteroatoms. The molecule has 1 aliphatic heterocycles. The van der Waals surface area contributed by atoms with Gasteiger partial charge in [0.2, 0.25) is 0 Å². The molecule has 0 saturated carbocycles. The molecule has 0 bridgehead atoms. The van der Waals surface area contributed by atoms with Crippen LogP contribution in [0.1, 0.15) is 45.2 Å². The molecule has 214 valence electrons. The number of carbonyl (C=O) groups is 1. The Hall–Kier alpha value is -3.91. The van der Waals surface area contributed by atoms with Crippen LogP contribution in [0.4, 0.5) is 18.9 Å². The molecule has 5 rings (SSSR count). The van der Waals surface area contributed by atoms with E-state index in [1.165, 1.54) is 12.1 Å². The predicted molar refractivity (Wildman–Crippen MR) is 154 cm³/mol. The standard InChI is InChI=1S/C30H29F3N6O.ClH/c1-3-37-13-15-38(16-14-37)20-24-8-10-25(18-27(24)30(31,32)33)36-29(40)23-7-6-21(2)22(17-23)9-11-26-19-34-28-5-4-12-35-39(26)28;/h4-8,10,12,17-19H,3,13-16,20H2,1-2H3,(H,36,40);1H. The molecule has 1 fully saturated rings. The number of likely N-dealkylation sites (N-methyl/N-ethyl adjacent to an activating group) is 1. The number of benzene rings is 2. The zero-order valence-electron chi connectivity index (χ0n) is 22.7. The Morgan fingerprint density at radius 2 is 1.78 bits per heavy atom. The van der Waals surface area contributed by atoms with Crippen LogP contribution >= 0.6 is 12.4 Å². The minimum atomic E-state index is -4.54. The van der Waals surface area contributed by atoms with Crippen LogP contribution in [-0.4, -0.2) is 63.0 Å². The maximum Gasteiger partial charge on any atom is 0.416 e. The average Bonchev–Trinajstić information content (AvgIpc) is 3.36. The Morgan fingerprint density at radius 3 is 2.51 bits per heavy atom. The summed E-state index contributed by atoms with van der Waals surface area (Å²) in [6.45, 7) is 8.21. The van der Waals surface area contributed by atoms with E-state index in [0.29, 0.717) is 16.9 Å². The van der Waals surface area contributed by atoms with E-state index in [2.05, 4.69) is 39.1 Å². The number of rotatable bonds is 5. The highest BCUT2D eigenvalue weighted by atomic mass is 35.5. The van der Waals surface area contributed by atoms with E-state index in [-0.39, 0.29) is 35.8 Å². The molecule has 4 aromatic rings. The van der Waals surface area contributed by atoms with Crippen molar-refractivity contribution in [1.29, 1.82) is 0 Å². The van der Waals surface area contributed by atoms with Gasteiger partial charge in [-0.15, -0.1) is 12.4 Å². The Labute approximate surface area is 242 Å². The second-order valence-corrected chi connectivity index (χ2v) is 9.75. The molecule has 3 heterocycles. The van der Waals surface area contributed by atoms with Crippen LogP contribution in [-0.2, 0) is 12.7 Å².